The molecular formula is C11H16O3. The zero-order chi connectivity index (χ0) is 10.4. The lowest BCUT2D eigenvalue weighted by molar-refractivity contribution is -0.171. The molecule has 1 N–H and O–H groups in total. The lowest BCUT2D eigenvalue weighted by Crippen LogP contribution is -2.27. The predicted octanol–water partition coefficient (Wildman–Crippen LogP) is 1.56. The number of ether oxygens (including phenoxy) is 2. The van der Waals surface area contributed by atoms with Crippen LogP contribution in [-0.2, 0) is 16.1 Å². The topological polar surface area (TPSA) is 38.7 Å². The molecule has 0 heterocycles. The molecule has 3 heteroatoms. The summed E-state index contributed by atoms with van der Waals surface area (Å²) in [5.74, 6) is 0. The van der Waals surface area contributed by atoms with E-state index in [0.717, 1.165) is 5.56 Å². The van der Waals surface area contributed by atoms with Gasteiger partial charge in [-0.25, -0.2) is 0 Å². The van der Waals surface area contributed by atoms with Crippen molar-refractivity contribution in [3.8, 4) is 0 Å². The number of benzene rings is 1. The van der Waals surface area contributed by atoms with Gasteiger partial charge in [-0.15, -0.1) is 0 Å². The molecule has 1 aromatic carbocycles. The maximum Gasteiger partial charge on any atom is 0.181 e. The van der Waals surface area contributed by atoms with Crippen LogP contribution in [0, 0.1) is 0 Å². The summed E-state index contributed by atoms with van der Waals surface area (Å²) in [6.45, 7) is 2.16. The molecule has 0 aliphatic carbocycles. The van der Waals surface area contributed by atoms with E-state index >= 15 is 0 Å². The van der Waals surface area contributed by atoms with Gasteiger partial charge in [0.05, 0.1) is 6.61 Å². The zero-order valence-corrected chi connectivity index (χ0v) is 8.51. The molecule has 78 valence electrons. The van der Waals surface area contributed by atoms with E-state index in [4.69, 9.17) is 9.47 Å². The molecule has 0 saturated heterocycles. The molecule has 0 spiro atoms. The number of rotatable bonds is 5. The molecule has 0 amide bonds. The highest BCUT2D eigenvalue weighted by atomic mass is 16.6. The maximum absolute atomic E-state index is 9.43. The highest BCUT2D eigenvalue weighted by molar-refractivity contribution is 5.13. The molecule has 0 aromatic heterocycles. The molecule has 2 atom stereocenters. The van der Waals surface area contributed by atoms with Gasteiger partial charge in [-0.3, -0.25) is 0 Å². The van der Waals surface area contributed by atoms with Gasteiger partial charge in [0.15, 0.2) is 6.29 Å². The number of aliphatic hydroxyl groups excluding tert-OH is 1. The van der Waals surface area contributed by atoms with Crippen molar-refractivity contribution in [3.05, 3.63) is 35.9 Å². The fourth-order valence-electron chi connectivity index (χ4n) is 1.01. The minimum Gasteiger partial charge on any atom is -0.376 e. The van der Waals surface area contributed by atoms with E-state index in [1.807, 2.05) is 30.3 Å². The second-order valence-electron chi connectivity index (χ2n) is 3.13. The van der Waals surface area contributed by atoms with Crippen LogP contribution in [0.2, 0.25) is 0 Å². The van der Waals surface area contributed by atoms with Crippen LogP contribution in [0.1, 0.15) is 12.5 Å². The highest BCUT2D eigenvalue weighted by Gasteiger charge is 2.12. The van der Waals surface area contributed by atoms with Gasteiger partial charge in [0, 0.05) is 7.11 Å². The van der Waals surface area contributed by atoms with Gasteiger partial charge in [0.25, 0.3) is 0 Å². The lowest BCUT2D eigenvalue weighted by Gasteiger charge is -2.17. The minimum atomic E-state index is -0.875. The first kappa shape index (κ1) is 11.2. The molecular weight excluding hydrogens is 180 g/mol. The first-order chi connectivity index (χ1) is 6.74. The lowest BCUT2D eigenvalue weighted by atomic mass is 10.2. The molecule has 0 fully saturated rings. The first-order valence-corrected chi connectivity index (χ1v) is 4.60. The Balaban J connectivity index is 2.34. The van der Waals surface area contributed by atoms with Crippen molar-refractivity contribution in [1.82, 2.24) is 0 Å². The molecule has 0 aliphatic rings. The van der Waals surface area contributed by atoms with Crippen molar-refractivity contribution >= 4 is 0 Å². The summed E-state index contributed by atoms with van der Waals surface area (Å²) in [4.78, 5) is 0. The van der Waals surface area contributed by atoms with Crippen molar-refractivity contribution in [2.75, 3.05) is 7.11 Å². The van der Waals surface area contributed by atoms with Gasteiger partial charge in [-0.2, -0.15) is 0 Å². The van der Waals surface area contributed by atoms with Crippen LogP contribution >= 0.6 is 0 Å². The fourth-order valence-corrected chi connectivity index (χ4v) is 1.01. The number of methoxy groups -OCH3 is 1. The van der Waals surface area contributed by atoms with Gasteiger partial charge >= 0.3 is 0 Å². The molecule has 0 aliphatic heterocycles. The van der Waals surface area contributed by atoms with Gasteiger partial charge < -0.3 is 14.6 Å². The third-order valence-electron chi connectivity index (χ3n) is 2.04. The average Bonchev–Trinajstić information content (AvgIpc) is 2.26. The van der Waals surface area contributed by atoms with Crippen molar-refractivity contribution in [3.63, 3.8) is 0 Å². The summed E-state index contributed by atoms with van der Waals surface area (Å²) in [7, 11) is 1.54. The predicted molar refractivity (Wildman–Crippen MR) is 53.7 cm³/mol. The van der Waals surface area contributed by atoms with Crippen molar-refractivity contribution in [2.45, 2.75) is 25.9 Å². The second kappa shape index (κ2) is 5.75. The Hall–Kier alpha value is -0.900. The third-order valence-corrected chi connectivity index (χ3v) is 2.04. The summed E-state index contributed by atoms with van der Waals surface area (Å²) < 4.78 is 10.1. The fraction of sp³-hybridized carbons (Fsp3) is 0.455. The third kappa shape index (κ3) is 3.46. The van der Waals surface area contributed by atoms with E-state index in [9.17, 15) is 5.11 Å². The highest BCUT2D eigenvalue weighted by Crippen LogP contribution is 2.05. The Morgan fingerprint density at radius 3 is 2.50 bits per heavy atom. The quantitative estimate of drug-likeness (QED) is 0.726. The van der Waals surface area contributed by atoms with Crippen LogP contribution in [0.5, 0.6) is 0 Å². The molecule has 1 aromatic rings. The van der Waals surface area contributed by atoms with Crippen LogP contribution in [0.4, 0.5) is 0 Å². The molecule has 1 rings (SSSR count). The van der Waals surface area contributed by atoms with E-state index in [1.54, 1.807) is 14.0 Å². The number of hydrogen-bond acceptors (Lipinski definition) is 3. The Morgan fingerprint density at radius 1 is 1.29 bits per heavy atom. The smallest absolute Gasteiger partial charge is 0.181 e. The Labute approximate surface area is 84.3 Å². The summed E-state index contributed by atoms with van der Waals surface area (Å²) >= 11 is 0. The first-order valence-electron chi connectivity index (χ1n) is 4.60. The zero-order valence-electron chi connectivity index (χ0n) is 8.51. The molecule has 0 saturated carbocycles. The molecule has 0 radical (unpaired) electrons. The van der Waals surface area contributed by atoms with Gasteiger partial charge in [-0.05, 0) is 12.5 Å². The van der Waals surface area contributed by atoms with E-state index in [0.29, 0.717) is 6.61 Å². The van der Waals surface area contributed by atoms with E-state index in [2.05, 4.69) is 0 Å². The standard InChI is InChI=1S/C11H16O3/c1-9(13-2)11(12)14-8-10-6-4-3-5-7-10/h3-7,9,11-12H,8H2,1-2H3. The van der Waals surface area contributed by atoms with E-state index in [1.165, 1.54) is 0 Å². The second-order valence-corrected chi connectivity index (χ2v) is 3.13. The monoisotopic (exact) mass is 196 g/mol. The van der Waals surface area contributed by atoms with Crippen LogP contribution in [0.25, 0.3) is 0 Å². The normalized spacial score (nSPS) is 15.1. The largest absolute Gasteiger partial charge is 0.376 e. The molecule has 2 unspecified atom stereocenters. The average molecular weight is 196 g/mol. The summed E-state index contributed by atoms with van der Waals surface area (Å²) in [6, 6.07) is 9.71. The minimum absolute atomic E-state index is 0.307. The summed E-state index contributed by atoms with van der Waals surface area (Å²) in [6.07, 6.45) is -1.18. The Kier molecular flexibility index (Phi) is 4.59. The van der Waals surface area contributed by atoms with Gasteiger partial charge in [0.2, 0.25) is 0 Å². The van der Waals surface area contributed by atoms with Crippen LogP contribution in [0.15, 0.2) is 30.3 Å². The molecule has 14 heavy (non-hydrogen) atoms. The molecule has 0 bridgehead atoms. The Morgan fingerprint density at radius 2 is 1.93 bits per heavy atom. The van der Waals surface area contributed by atoms with Gasteiger partial charge in [0.1, 0.15) is 6.10 Å². The van der Waals surface area contributed by atoms with Gasteiger partial charge in [-0.1, -0.05) is 30.3 Å². The van der Waals surface area contributed by atoms with Crippen LogP contribution < -0.4 is 0 Å². The molecule has 3 nitrogen and oxygen atoms in total. The summed E-state index contributed by atoms with van der Waals surface area (Å²) in [5, 5.41) is 9.43. The SMILES string of the molecule is COC(C)C(O)OCc1ccccc1. The maximum atomic E-state index is 9.43. The van der Waals surface area contributed by atoms with Crippen LogP contribution in [0.3, 0.4) is 0 Å². The number of hydrogen-bond donors (Lipinski definition) is 1. The van der Waals surface area contributed by atoms with Crippen molar-refractivity contribution in [1.29, 1.82) is 0 Å². The van der Waals surface area contributed by atoms with E-state index < -0.39 is 6.29 Å². The van der Waals surface area contributed by atoms with Crippen LogP contribution in [-0.4, -0.2) is 24.6 Å². The summed E-state index contributed by atoms with van der Waals surface area (Å²) in [5.41, 5.74) is 1.04. The van der Waals surface area contributed by atoms with E-state index in [-0.39, 0.29) is 6.10 Å². The van der Waals surface area contributed by atoms with Crippen molar-refractivity contribution < 1.29 is 14.6 Å². The number of aliphatic hydroxyl groups is 1. The van der Waals surface area contributed by atoms with Crippen molar-refractivity contribution in [2.24, 2.45) is 0 Å². The Bertz CT molecular complexity index is 248.